The summed E-state index contributed by atoms with van der Waals surface area (Å²) in [5.41, 5.74) is 0.788. The minimum atomic E-state index is -4.70. The third-order valence-electron chi connectivity index (χ3n) is 1.64. The van der Waals surface area contributed by atoms with E-state index in [1.165, 1.54) is 18.3 Å². The Balaban J connectivity index is 2.48. The van der Waals surface area contributed by atoms with Crippen LogP contribution in [0.25, 0.3) is 0 Å². The van der Waals surface area contributed by atoms with Crippen molar-refractivity contribution >= 4 is 12.6 Å². The van der Waals surface area contributed by atoms with Crippen LogP contribution in [-0.4, -0.2) is 23.6 Å². The molecule has 0 aliphatic rings. The number of hydrogen-bond donors (Lipinski definition) is 2. The number of rotatable bonds is 5. The SMILES string of the molecule is FC(F)(F)Oc1ccc(CNCCS)cn1. The monoisotopic (exact) mass is 252 g/mol. The van der Waals surface area contributed by atoms with E-state index < -0.39 is 12.2 Å². The number of nitrogens with zero attached hydrogens (tertiary/aromatic N) is 1. The van der Waals surface area contributed by atoms with Crippen LogP contribution in [0.15, 0.2) is 18.3 Å². The minimum Gasteiger partial charge on any atom is -0.388 e. The predicted molar refractivity (Wildman–Crippen MR) is 56.5 cm³/mol. The maximum Gasteiger partial charge on any atom is 0.574 e. The van der Waals surface area contributed by atoms with Gasteiger partial charge in [0.1, 0.15) is 0 Å². The van der Waals surface area contributed by atoms with Crippen molar-refractivity contribution in [3.63, 3.8) is 0 Å². The Labute approximate surface area is 96.4 Å². The summed E-state index contributed by atoms with van der Waals surface area (Å²) in [5, 5.41) is 3.04. The van der Waals surface area contributed by atoms with Crippen molar-refractivity contribution in [2.45, 2.75) is 12.9 Å². The van der Waals surface area contributed by atoms with Crippen LogP contribution < -0.4 is 10.1 Å². The molecule has 1 rings (SSSR count). The lowest BCUT2D eigenvalue weighted by molar-refractivity contribution is -0.276. The van der Waals surface area contributed by atoms with Crippen LogP contribution in [-0.2, 0) is 6.54 Å². The van der Waals surface area contributed by atoms with Gasteiger partial charge in [-0.3, -0.25) is 0 Å². The Bertz CT molecular complexity index is 316. The number of thiol groups is 1. The molecule has 16 heavy (non-hydrogen) atoms. The first-order valence-corrected chi connectivity index (χ1v) is 5.17. The molecule has 0 saturated carbocycles. The van der Waals surface area contributed by atoms with E-state index in [1.807, 2.05) is 0 Å². The highest BCUT2D eigenvalue weighted by Crippen LogP contribution is 2.20. The number of nitrogens with one attached hydrogen (secondary N) is 1. The molecular formula is C9H11F3N2OS. The number of pyridine rings is 1. The summed E-state index contributed by atoms with van der Waals surface area (Å²) in [6.07, 6.45) is -3.36. The highest BCUT2D eigenvalue weighted by Gasteiger charge is 2.31. The summed E-state index contributed by atoms with van der Waals surface area (Å²) >= 11 is 4.01. The van der Waals surface area contributed by atoms with Gasteiger partial charge in [0.05, 0.1) is 0 Å². The maximum atomic E-state index is 11.8. The molecule has 0 radical (unpaired) electrons. The van der Waals surface area contributed by atoms with Gasteiger partial charge in [0.25, 0.3) is 0 Å². The van der Waals surface area contributed by atoms with Crippen LogP contribution in [0.1, 0.15) is 5.56 Å². The second kappa shape index (κ2) is 5.95. The molecule has 0 saturated heterocycles. The fourth-order valence-corrected chi connectivity index (χ4v) is 1.16. The molecule has 90 valence electrons. The number of aromatic nitrogens is 1. The first-order chi connectivity index (χ1) is 7.51. The Morgan fingerprint density at radius 3 is 2.62 bits per heavy atom. The van der Waals surface area contributed by atoms with Crippen LogP contribution in [0.2, 0.25) is 0 Å². The lowest BCUT2D eigenvalue weighted by Gasteiger charge is -2.08. The zero-order chi connectivity index (χ0) is 12.0. The van der Waals surface area contributed by atoms with Crippen LogP contribution in [0.5, 0.6) is 5.88 Å². The number of halogens is 3. The molecule has 1 aromatic rings. The molecule has 0 aliphatic carbocycles. The van der Waals surface area contributed by atoms with Crippen LogP contribution in [0, 0.1) is 0 Å². The van der Waals surface area contributed by atoms with Gasteiger partial charge in [-0.15, -0.1) is 13.2 Å². The summed E-state index contributed by atoms with van der Waals surface area (Å²) in [4.78, 5) is 3.54. The Kier molecular flexibility index (Phi) is 4.88. The quantitative estimate of drug-likeness (QED) is 0.621. The molecule has 0 amide bonds. The molecule has 0 aromatic carbocycles. The molecule has 0 bridgehead atoms. The van der Waals surface area contributed by atoms with Gasteiger partial charge in [-0.05, 0) is 5.56 Å². The molecular weight excluding hydrogens is 241 g/mol. The van der Waals surface area contributed by atoms with E-state index in [-0.39, 0.29) is 0 Å². The van der Waals surface area contributed by atoms with Crippen molar-refractivity contribution < 1.29 is 17.9 Å². The van der Waals surface area contributed by atoms with Gasteiger partial charge >= 0.3 is 6.36 Å². The normalized spacial score (nSPS) is 11.5. The highest BCUT2D eigenvalue weighted by atomic mass is 32.1. The van der Waals surface area contributed by atoms with Crippen molar-refractivity contribution in [2.75, 3.05) is 12.3 Å². The average molecular weight is 252 g/mol. The van der Waals surface area contributed by atoms with Crippen molar-refractivity contribution in [2.24, 2.45) is 0 Å². The second-order valence-corrected chi connectivity index (χ2v) is 3.40. The number of hydrogen-bond acceptors (Lipinski definition) is 4. The van der Waals surface area contributed by atoms with E-state index in [0.717, 1.165) is 12.1 Å². The zero-order valence-corrected chi connectivity index (χ0v) is 9.18. The molecule has 0 spiro atoms. The van der Waals surface area contributed by atoms with Gasteiger partial charge in [-0.2, -0.15) is 12.6 Å². The molecule has 1 heterocycles. The van der Waals surface area contributed by atoms with E-state index in [0.29, 0.717) is 12.3 Å². The molecule has 0 unspecified atom stereocenters. The smallest absolute Gasteiger partial charge is 0.388 e. The summed E-state index contributed by atoms with van der Waals surface area (Å²) in [7, 11) is 0. The highest BCUT2D eigenvalue weighted by molar-refractivity contribution is 7.80. The van der Waals surface area contributed by atoms with Crippen LogP contribution >= 0.6 is 12.6 Å². The molecule has 1 N–H and O–H groups in total. The standard InChI is InChI=1S/C9H11F3N2OS/c10-9(11,12)15-8-2-1-7(6-14-8)5-13-3-4-16/h1-2,6,13,16H,3-5H2. The molecule has 0 fully saturated rings. The first kappa shape index (κ1) is 13.1. The molecule has 0 aliphatic heterocycles. The van der Waals surface area contributed by atoms with Crippen LogP contribution in [0.3, 0.4) is 0 Å². The van der Waals surface area contributed by atoms with Gasteiger partial charge in [0, 0.05) is 31.1 Å². The van der Waals surface area contributed by atoms with Gasteiger partial charge in [-0.1, -0.05) is 6.07 Å². The van der Waals surface area contributed by atoms with Crippen molar-refractivity contribution in [3.8, 4) is 5.88 Å². The molecule has 3 nitrogen and oxygen atoms in total. The van der Waals surface area contributed by atoms with Gasteiger partial charge < -0.3 is 10.1 Å². The maximum absolute atomic E-state index is 11.8. The fourth-order valence-electron chi connectivity index (χ4n) is 1.01. The molecule has 1 aromatic heterocycles. The lowest BCUT2D eigenvalue weighted by atomic mass is 10.3. The van der Waals surface area contributed by atoms with Crippen molar-refractivity contribution in [3.05, 3.63) is 23.9 Å². The van der Waals surface area contributed by atoms with E-state index in [2.05, 4.69) is 27.7 Å². The summed E-state index contributed by atoms with van der Waals surface area (Å²) < 4.78 is 39.1. The Morgan fingerprint density at radius 1 is 1.38 bits per heavy atom. The first-order valence-electron chi connectivity index (χ1n) is 4.53. The number of ether oxygens (including phenoxy) is 1. The summed E-state index contributed by atoms with van der Waals surface area (Å²) in [5.74, 6) is 0.244. The molecule has 7 heteroatoms. The third-order valence-corrected chi connectivity index (χ3v) is 1.86. The predicted octanol–water partition coefficient (Wildman–Crippen LogP) is 2.00. The topological polar surface area (TPSA) is 34.1 Å². The van der Waals surface area contributed by atoms with Gasteiger partial charge in [-0.25, -0.2) is 4.98 Å². The van der Waals surface area contributed by atoms with Crippen LogP contribution in [0.4, 0.5) is 13.2 Å². The largest absolute Gasteiger partial charge is 0.574 e. The zero-order valence-electron chi connectivity index (χ0n) is 8.29. The minimum absolute atomic E-state index is 0.453. The fraction of sp³-hybridized carbons (Fsp3) is 0.444. The third kappa shape index (κ3) is 5.22. The molecule has 0 atom stereocenters. The van der Waals surface area contributed by atoms with Crippen molar-refractivity contribution in [1.29, 1.82) is 0 Å². The summed E-state index contributed by atoms with van der Waals surface area (Å²) in [6.45, 7) is 1.27. The Hall–Kier alpha value is -0.950. The van der Waals surface area contributed by atoms with Crippen molar-refractivity contribution in [1.82, 2.24) is 10.3 Å². The van der Waals surface area contributed by atoms with Gasteiger partial charge in [0.15, 0.2) is 0 Å². The van der Waals surface area contributed by atoms with E-state index in [1.54, 1.807) is 0 Å². The lowest BCUT2D eigenvalue weighted by Crippen LogP contribution is -2.18. The summed E-state index contributed by atoms with van der Waals surface area (Å²) in [6, 6.07) is 2.71. The van der Waals surface area contributed by atoms with E-state index in [9.17, 15) is 13.2 Å². The van der Waals surface area contributed by atoms with Gasteiger partial charge in [0.2, 0.25) is 5.88 Å². The van der Waals surface area contributed by atoms with E-state index >= 15 is 0 Å². The Morgan fingerprint density at radius 2 is 2.12 bits per heavy atom. The average Bonchev–Trinajstić information content (AvgIpc) is 2.19. The second-order valence-electron chi connectivity index (χ2n) is 2.95. The van der Waals surface area contributed by atoms with E-state index in [4.69, 9.17) is 0 Å². The number of alkyl halides is 3.